The fourth-order valence-corrected chi connectivity index (χ4v) is 5.20. The Morgan fingerprint density at radius 1 is 1.03 bits per heavy atom. The van der Waals surface area contributed by atoms with Gasteiger partial charge in [0.1, 0.15) is 5.76 Å². The lowest BCUT2D eigenvalue weighted by molar-refractivity contribution is -0.115. The Bertz CT molecular complexity index is 1210. The number of anilines is 2. The number of hydrogen-bond donors (Lipinski definition) is 2. The van der Waals surface area contributed by atoms with Crippen molar-refractivity contribution in [1.82, 2.24) is 9.97 Å². The zero-order valence-corrected chi connectivity index (χ0v) is 19.1. The molecule has 0 radical (unpaired) electrons. The lowest BCUT2D eigenvalue weighted by Crippen LogP contribution is -2.15. The summed E-state index contributed by atoms with van der Waals surface area (Å²) in [5, 5.41) is 9.81. The molecule has 0 unspecified atom stereocenters. The van der Waals surface area contributed by atoms with Crippen molar-refractivity contribution in [3.63, 3.8) is 0 Å². The van der Waals surface area contributed by atoms with E-state index < -0.39 is 0 Å². The van der Waals surface area contributed by atoms with Crippen LogP contribution in [0.25, 0.3) is 0 Å². The molecule has 0 aliphatic heterocycles. The first-order chi connectivity index (χ1) is 15.0. The molecule has 0 saturated carbocycles. The lowest BCUT2D eigenvalue weighted by Gasteiger charge is -2.05. The molecule has 2 N–H and O–H groups in total. The number of carbonyl (C=O) groups excluding carboxylic acids is 2. The molecule has 7 nitrogen and oxygen atoms in total. The van der Waals surface area contributed by atoms with Crippen LogP contribution in [-0.4, -0.2) is 21.8 Å². The van der Waals surface area contributed by atoms with Crippen molar-refractivity contribution in [2.75, 3.05) is 10.6 Å². The Labute approximate surface area is 190 Å². The molecule has 0 fully saturated rings. The van der Waals surface area contributed by atoms with Gasteiger partial charge in [-0.15, -0.1) is 22.7 Å². The first-order valence-electron chi connectivity index (χ1n) is 9.26. The van der Waals surface area contributed by atoms with Crippen molar-refractivity contribution in [3.8, 4) is 0 Å². The van der Waals surface area contributed by atoms with Gasteiger partial charge in [0, 0.05) is 27.0 Å². The van der Waals surface area contributed by atoms with E-state index in [1.54, 1.807) is 41.5 Å². The zero-order valence-electron chi connectivity index (χ0n) is 16.7. The number of nitrogens with one attached hydrogen (secondary N) is 2. The molecular formula is C21H18N4O3S3. The van der Waals surface area contributed by atoms with Crippen molar-refractivity contribution in [2.45, 2.75) is 29.5 Å². The van der Waals surface area contributed by atoms with Gasteiger partial charge in [-0.25, -0.2) is 9.97 Å². The fraction of sp³-hybridized carbons (Fsp3) is 0.143. The fourth-order valence-electron chi connectivity index (χ4n) is 2.69. The number of benzene rings is 1. The van der Waals surface area contributed by atoms with E-state index in [1.165, 1.54) is 17.6 Å². The Kier molecular flexibility index (Phi) is 6.50. The number of furan rings is 1. The van der Waals surface area contributed by atoms with Crippen molar-refractivity contribution in [2.24, 2.45) is 0 Å². The number of hydrogen-bond acceptors (Lipinski definition) is 8. The molecule has 4 rings (SSSR count). The van der Waals surface area contributed by atoms with E-state index in [0.717, 1.165) is 14.9 Å². The first kappa shape index (κ1) is 21.3. The molecule has 1 aromatic carbocycles. The van der Waals surface area contributed by atoms with Crippen LogP contribution in [-0.2, 0) is 11.2 Å². The highest BCUT2D eigenvalue weighted by atomic mass is 32.2. The Morgan fingerprint density at radius 2 is 1.84 bits per heavy atom. The van der Waals surface area contributed by atoms with Crippen molar-refractivity contribution in [1.29, 1.82) is 0 Å². The minimum absolute atomic E-state index is 0.117. The highest BCUT2D eigenvalue weighted by Gasteiger charge is 2.14. The number of aromatic nitrogens is 2. The Hall–Kier alpha value is -2.95. The molecule has 158 valence electrons. The summed E-state index contributed by atoms with van der Waals surface area (Å²) in [5.74, 6) is 0.0760. The normalized spacial score (nSPS) is 10.8. The van der Waals surface area contributed by atoms with Crippen LogP contribution < -0.4 is 10.6 Å². The lowest BCUT2D eigenvalue weighted by atomic mass is 10.2. The number of amides is 2. The van der Waals surface area contributed by atoms with Gasteiger partial charge < -0.3 is 9.73 Å². The quantitative estimate of drug-likeness (QED) is 0.376. The van der Waals surface area contributed by atoms with E-state index >= 15 is 0 Å². The third-order valence-corrected chi connectivity index (χ3v) is 7.03. The minimum atomic E-state index is -0.289. The predicted octanol–water partition coefficient (Wildman–Crippen LogP) is 5.39. The molecule has 0 aliphatic rings. The van der Waals surface area contributed by atoms with Crippen molar-refractivity contribution >= 4 is 57.1 Å². The second-order valence-corrected chi connectivity index (χ2v) is 9.63. The van der Waals surface area contributed by atoms with Crippen LogP contribution in [0.15, 0.2) is 61.0 Å². The average molecular weight is 471 g/mol. The predicted molar refractivity (Wildman–Crippen MR) is 123 cm³/mol. The second-order valence-electron chi connectivity index (χ2n) is 6.59. The molecule has 0 saturated heterocycles. The Morgan fingerprint density at radius 3 is 2.52 bits per heavy atom. The van der Waals surface area contributed by atoms with Crippen LogP contribution in [0.2, 0.25) is 0 Å². The first-order valence-corrected chi connectivity index (χ1v) is 11.8. The highest BCUT2D eigenvalue weighted by molar-refractivity contribution is 8.01. The third kappa shape index (κ3) is 5.60. The van der Waals surface area contributed by atoms with E-state index in [-0.39, 0.29) is 18.2 Å². The summed E-state index contributed by atoms with van der Waals surface area (Å²) in [6.07, 6.45) is 1.58. The average Bonchev–Trinajstić information content (AvgIpc) is 3.45. The van der Waals surface area contributed by atoms with E-state index in [1.807, 2.05) is 36.6 Å². The molecule has 3 heterocycles. The number of thiazole rings is 2. The van der Waals surface area contributed by atoms with Gasteiger partial charge in [0.25, 0.3) is 5.91 Å². The van der Waals surface area contributed by atoms with Gasteiger partial charge in [0.2, 0.25) is 5.91 Å². The smallest absolute Gasteiger partial charge is 0.260 e. The summed E-state index contributed by atoms with van der Waals surface area (Å²) in [5.41, 5.74) is 2.77. The molecule has 31 heavy (non-hydrogen) atoms. The number of nitrogens with zero attached hydrogens (tertiary/aromatic N) is 2. The van der Waals surface area contributed by atoms with Gasteiger partial charge in [0.15, 0.2) is 9.47 Å². The van der Waals surface area contributed by atoms with Crippen LogP contribution in [0.4, 0.5) is 10.8 Å². The number of aryl methyl sites for hydroxylation is 2. The van der Waals surface area contributed by atoms with E-state index in [4.69, 9.17) is 4.42 Å². The maximum absolute atomic E-state index is 12.4. The monoisotopic (exact) mass is 470 g/mol. The summed E-state index contributed by atoms with van der Waals surface area (Å²) in [7, 11) is 0. The second kappa shape index (κ2) is 9.46. The highest BCUT2D eigenvalue weighted by Crippen LogP contribution is 2.30. The molecular weight excluding hydrogens is 452 g/mol. The van der Waals surface area contributed by atoms with Crippen LogP contribution >= 0.6 is 34.4 Å². The largest absolute Gasteiger partial charge is 0.469 e. The van der Waals surface area contributed by atoms with Crippen molar-refractivity contribution < 1.29 is 14.0 Å². The molecule has 0 spiro atoms. The summed E-state index contributed by atoms with van der Waals surface area (Å²) in [4.78, 5) is 34.4. The maximum Gasteiger partial charge on any atom is 0.260 e. The Balaban J connectivity index is 1.30. The van der Waals surface area contributed by atoms with E-state index in [2.05, 4.69) is 20.6 Å². The summed E-state index contributed by atoms with van der Waals surface area (Å²) in [6, 6.07) is 9.23. The topological polar surface area (TPSA) is 97.1 Å². The van der Waals surface area contributed by atoms with Crippen LogP contribution in [0, 0.1) is 13.8 Å². The van der Waals surface area contributed by atoms with Crippen LogP contribution in [0.1, 0.15) is 27.5 Å². The molecule has 0 atom stereocenters. The molecule has 0 aliphatic carbocycles. The van der Waals surface area contributed by atoms with E-state index in [0.29, 0.717) is 27.8 Å². The summed E-state index contributed by atoms with van der Waals surface area (Å²) in [6.45, 7) is 3.69. The van der Waals surface area contributed by atoms with Gasteiger partial charge in [-0.05, 0) is 44.2 Å². The SMILES string of the molecule is Cc1csc(Sc2ccc(NC(=O)Cc3csc(NC(=O)c4ccoc4C)n3)cc2)n1. The van der Waals surface area contributed by atoms with Gasteiger partial charge >= 0.3 is 0 Å². The van der Waals surface area contributed by atoms with Gasteiger partial charge in [0.05, 0.1) is 23.9 Å². The third-order valence-electron chi connectivity index (χ3n) is 4.16. The standard InChI is InChI=1S/C21H18N4O3S3/c1-12-10-30-21(22-12)31-16-5-3-14(4-6-16)23-18(26)9-15-11-29-20(24-15)25-19(27)17-7-8-28-13(17)2/h3-8,10-11H,9H2,1-2H3,(H,23,26)(H,24,25,27). The van der Waals surface area contributed by atoms with E-state index in [9.17, 15) is 9.59 Å². The van der Waals surface area contributed by atoms with Crippen LogP contribution in [0.5, 0.6) is 0 Å². The molecule has 4 aromatic rings. The molecule has 0 bridgehead atoms. The minimum Gasteiger partial charge on any atom is -0.469 e. The summed E-state index contributed by atoms with van der Waals surface area (Å²) < 4.78 is 6.13. The van der Waals surface area contributed by atoms with Crippen molar-refractivity contribution in [3.05, 3.63) is 70.1 Å². The number of rotatable bonds is 7. The molecule has 2 amide bonds. The van der Waals surface area contributed by atoms with Gasteiger partial charge in [-0.2, -0.15) is 0 Å². The maximum atomic E-state index is 12.4. The number of carbonyl (C=O) groups is 2. The molecule has 3 aromatic heterocycles. The van der Waals surface area contributed by atoms with Gasteiger partial charge in [-0.3, -0.25) is 14.9 Å². The zero-order chi connectivity index (χ0) is 21.8. The van der Waals surface area contributed by atoms with Gasteiger partial charge in [-0.1, -0.05) is 11.8 Å². The molecule has 10 heteroatoms. The van der Waals surface area contributed by atoms with Crippen LogP contribution in [0.3, 0.4) is 0 Å². The summed E-state index contributed by atoms with van der Waals surface area (Å²) >= 11 is 4.48.